The molecule has 0 fully saturated rings. The smallest absolute Gasteiger partial charge is 0.334 e. The predicted octanol–water partition coefficient (Wildman–Crippen LogP) is 3.84. The van der Waals surface area contributed by atoms with Gasteiger partial charge in [0.25, 0.3) is 0 Å². The number of carbonyl (C=O) groups excluding carboxylic acids is 1. The minimum Gasteiger partial charge on any atom is -0.481 e. The highest BCUT2D eigenvalue weighted by Crippen LogP contribution is 2.09. The normalized spacial score (nSPS) is 11.2. The van der Waals surface area contributed by atoms with Crippen molar-refractivity contribution in [2.75, 3.05) is 13.2 Å². The summed E-state index contributed by atoms with van der Waals surface area (Å²) < 4.78 is 4.45. The molecule has 3 N–H and O–H groups in total. The molecule has 0 aliphatic heterocycles. The molecule has 6 nitrogen and oxygen atoms in total. The van der Waals surface area contributed by atoms with E-state index in [0.717, 1.165) is 0 Å². The van der Waals surface area contributed by atoms with Gasteiger partial charge in [0.2, 0.25) is 0 Å². The number of rotatable bonds is 15. The van der Waals surface area contributed by atoms with Gasteiger partial charge in [-0.1, -0.05) is 84.6 Å². The van der Waals surface area contributed by atoms with Gasteiger partial charge in [0, 0.05) is 5.57 Å². The van der Waals surface area contributed by atoms with Crippen molar-refractivity contribution in [3.63, 3.8) is 0 Å². The van der Waals surface area contributed by atoms with Crippen molar-refractivity contribution in [1.82, 2.24) is 0 Å². The van der Waals surface area contributed by atoms with E-state index in [2.05, 4.69) is 25.2 Å². The van der Waals surface area contributed by atoms with Crippen LogP contribution in [0.3, 0.4) is 0 Å². The van der Waals surface area contributed by atoms with E-state index in [1.165, 1.54) is 64.2 Å². The lowest BCUT2D eigenvalue weighted by atomic mass is 10.1. The first-order chi connectivity index (χ1) is 12.4. The Labute approximate surface area is 158 Å². The van der Waals surface area contributed by atoms with Gasteiger partial charge in [-0.25, -0.2) is 4.79 Å². The molecule has 1 atom stereocenters. The number of carbonyl (C=O) groups is 2. The summed E-state index contributed by atoms with van der Waals surface area (Å²) in [5.41, 5.74) is -0.206. The van der Waals surface area contributed by atoms with Crippen molar-refractivity contribution < 1.29 is 29.6 Å². The van der Waals surface area contributed by atoms with Crippen LogP contribution in [-0.2, 0) is 14.3 Å². The number of unbranched alkanes of at least 4 members (excludes halogenated alkanes) is 9. The monoisotopic (exact) mass is 374 g/mol. The molecule has 1 unspecified atom stereocenters. The molecule has 0 amide bonds. The van der Waals surface area contributed by atoms with Crippen LogP contribution in [0.2, 0.25) is 0 Å². The van der Waals surface area contributed by atoms with Crippen molar-refractivity contribution in [2.45, 2.75) is 90.6 Å². The zero-order valence-electron chi connectivity index (χ0n) is 16.5. The summed E-state index contributed by atoms with van der Waals surface area (Å²) in [6.45, 7) is 6.85. The average Bonchev–Trinajstić information content (AvgIpc) is 2.61. The standard InChI is InChI=1S/C12H26.C8H12O6/c1-3-5-7-9-11-12-10-8-6-4-2;1-5(2-7(11)12)8(13)14-4-6(10)3-9/h3-12H2,1-2H3;6,9-10H,1-4H2,(H,11,12). The zero-order valence-corrected chi connectivity index (χ0v) is 16.5. The number of carboxylic acid groups (broad SMARTS) is 1. The Morgan fingerprint density at radius 1 is 0.923 bits per heavy atom. The summed E-state index contributed by atoms with van der Waals surface area (Å²) in [6.07, 6.45) is 12.8. The summed E-state index contributed by atoms with van der Waals surface area (Å²) in [6, 6.07) is 0. The molecule has 0 aromatic heterocycles. The maximum Gasteiger partial charge on any atom is 0.334 e. The van der Waals surface area contributed by atoms with E-state index >= 15 is 0 Å². The van der Waals surface area contributed by atoms with Crippen molar-refractivity contribution in [3.05, 3.63) is 12.2 Å². The van der Waals surface area contributed by atoms with Crippen LogP contribution in [0.25, 0.3) is 0 Å². The van der Waals surface area contributed by atoms with Gasteiger partial charge >= 0.3 is 11.9 Å². The van der Waals surface area contributed by atoms with E-state index in [0.29, 0.717) is 0 Å². The fourth-order valence-corrected chi connectivity index (χ4v) is 2.14. The van der Waals surface area contributed by atoms with Crippen molar-refractivity contribution in [1.29, 1.82) is 0 Å². The summed E-state index contributed by atoms with van der Waals surface area (Å²) in [7, 11) is 0. The molecular formula is C20H38O6. The topological polar surface area (TPSA) is 104 Å². The van der Waals surface area contributed by atoms with Crippen LogP contribution in [0.4, 0.5) is 0 Å². The second-order valence-electron chi connectivity index (χ2n) is 6.44. The first-order valence-corrected chi connectivity index (χ1v) is 9.74. The summed E-state index contributed by atoms with van der Waals surface area (Å²) >= 11 is 0. The highest BCUT2D eigenvalue weighted by molar-refractivity contribution is 5.92. The fraction of sp³-hybridized carbons (Fsp3) is 0.800. The molecule has 6 heteroatoms. The van der Waals surface area contributed by atoms with Gasteiger partial charge in [0.05, 0.1) is 13.0 Å². The maximum absolute atomic E-state index is 10.9. The van der Waals surface area contributed by atoms with Gasteiger partial charge in [-0.15, -0.1) is 0 Å². The third-order valence-corrected chi connectivity index (χ3v) is 3.73. The molecular weight excluding hydrogens is 336 g/mol. The molecule has 0 rings (SSSR count). The number of aliphatic hydroxyl groups excluding tert-OH is 2. The molecule has 0 saturated heterocycles. The van der Waals surface area contributed by atoms with E-state index in [9.17, 15) is 9.59 Å². The Balaban J connectivity index is 0. The van der Waals surface area contributed by atoms with Crippen molar-refractivity contribution in [3.8, 4) is 0 Å². The van der Waals surface area contributed by atoms with Crippen molar-refractivity contribution in [2.24, 2.45) is 0 Å². The molecule has 0 aliphatic carbocycles. The highest BCUT2D eigenvalue weighted by Gasteiger charge is 2.13. The Morgan fingerprint density at radius 3 is 1.69 bits per heavy atom. The van der Waals surface area contributed by atoms with Crippen LogP contribution in [0, 0.1) is 0 Å². The average molecular weight is 375 g/mol. The number of aliphatic hydroxyl groups is 2. The Hall–Kier alpha value is -1.40. The summed E-state index contributed by atoms with van der Waals surface area (Å²) in [5.74, 6) is -2.07. The molecule has 0 aromatic carbocycles. The predicted molar refractivity (Wildman–Crippen MR) is 103 cm³/mol. The lowest BCUT2D eigenvalue weighted by Crippen LogP contribution is -2.22. The molecule has 0 spiro atoms. The van der Waals surface area contributed by atoms with Gasteiger partial charge in [-0.3, -0.25) is 4.79 Å². The second kappa shape index (κ2) is 19.9. The molecule has 154 valence electrons. The molecule has 0 saturated carbocycles. The van der Waals surface area contributed by atoms with E-state index in [4.69, 9.17) is 15.3 Å². The van der Waals surface area contributed by atoms with E-state index in [-0.39, 0.29) is 12.2 Å². The lowest BCUT2D eigenvalue weighted by molar-refractivity contribution is -0.145. The Bertz CT molecular complexity index is 357. The maximum atomic E-state index is 10.9. The highest BCUT2D eigenvalue weighted by atomic mass is 16.5. The summed E-state index contributed by atoms with van der Waals surface area (Å²) in [4.78, 5) is 21.1. The third kappa shape index (κ3) is 20.6. The molecule has 0 aromatic rings. The molecule has 0 radical (unpaired) electrons. The Morgan fingerprint density at radius 2 is 1.35 bits per heavy atom. The van der Waals surface area contributed by atoms with E-state index in [1.54, 1.807) is 0 Å². The van der Waals surface area contributed by atoms with Crippen LogP contribution >= 0.6 is 0 Å². The number of hydrogen-bond acceptors (Lipinski definition) is 5. The minimum absolute atomic E-state index is 0.206. The van der Waals surface area contributed by atoms with Crippen LogP contribution in [-0.4, -0.2) is 46.6 Å². The quantitative estimate of drug-likeness (QED) is 0.228. The third-order valence-electron chi connectivity index (χ3n) is 3.73. The summed E-state index contributed by atoms with van der Waals surface area (Å²) in [5, 5.41) is 25.5. The first kappa shape index (κ1) is 26.8. The van der Waals surface area contributed by atoms with Gasteiger partial charge < -0.3 is 20.1 Å². The van der Waals surface area contributed by atoms with E-state index < -0.39 is 31.1 Å². The molecule has 0 bridgehead atoms. The Kier molecular flexibility index (Phi) is 20.6. The van der Waals surface area contributed by atoms with E-state index in [1.807, 2.05) is 0 Å². The minimum atomic E-state index is -1.19. The fourth-order valence-electron chi connectivity index (χ4n) is 2.14. The van der Waals surface area contributed by atoms with Crippen LogP contribution in [0.1, 0.15) is 84.5 Å². The number of carboxylic acids is 1. The van der Waals surface area contributed by atoms with Crippen molar-refractivity contribution >= 4 is 11.9 Å². The molecule has 26 heavy (non-hydrogen) atoms. The van der Waals surface area contributed by atoms with Crippen LogP contribution in [0.5, 0.6) is 0 Å². The van der Waals surface area contributed by atoms with Gasteiger partial charge in [-0.2, -0.15) is 0 Å². The number of ether oxygens (including phenoxy) is 1. The van der Waals surface area contributed by atoms with Gasteiger partial charge in [0.15, 0.2) is 0 Å². The largest absolute Gasteiger partial charge is 0.481 e. The van der Waals surface area contributed by atoms with Gasteiger partial charge in [-0.05, 0) is 0 Å². The molecule has 0 aliphatic rings. The van der Waals surface area contributed by atoms with Crippen LogP contribution in [0.15, 0.2) is 12.2 Å². The number of hydrogen-bond donors (Lipinski definition) is 3. The lowest BCUT2D eigenvalue weighted by Gasteiger charge is -2.08. The van der Waals surface area contributed by atoms with Crippen LogP contribution < -0.4 is 0 Å². The first-order valence-electron chi connectivity index (χ1n) is 9.74. The second-order valence-corrected chi connectivity index (χ2v) is 6.44. The number of aliphatic carboxylic acids is 1. The SMILES string of the molecule is C=C(CC(=O)O)C(=O)OCC(O)CO.CCCCCCCCCCCC. The number of esters is 1. The van der Waals surface area contributed by atoms with Gasteiger partial charge in [0.1, 0.15) is 12.7 Å². The zero-order chi connectivity index (χ0) is 20.2. The molecule has 0 heterocycles.